The Hall–Kier alpha value is -1.51. The molecule has 108 valence electrons. The number of nitrogens with two attached hydrogens (primary N) is 1. The fourth-order valence-electron chi connectivity index (χ4n) is 2.11. The van der Waals surface area contributed by atoms with Crippen molar-refractivity contribution < 1.29 is 4.79 Å². The first-order chi connectivity index (χ1) is 8.50. The molecule has 0 aliphatic carbocycles. The van der Waals surface area contributed by atoms with Crippen LogP contribution in [-0.4, -0.2) is 5.91 Å². The molecule has 4 heteroatoms. The van der Waals surface area contributed by atoms with Gasteiger partial charge in [-0.25, -0.2) is 0 Å². The minimum absolute atomic E-state index is 0. The van der Waals surface area contributed by atoms with Crippen molar-refractivity contribution >= 4 is 30.7 Å². The van der Waals surface area contributed by atoms with Crippen LogP contribution in [0.1, 0.15) is 27.0 Å². The Morgan fingerprint density at radius 3 is 2.20 bits per heavy atom. The maximum Gasteiger partial charge on any atom is 0.248 e. The lowest BCUT2D eigenvalue weighted by Gasteiger charge is -2.12. The third kappa shape index (κ3) is 3.53. The van der Waals surface area contributed by atoms with Gasteiger partial charge in [-0.3, -0.25) is 4.79 Å². The number of primary amides is 1. The molecule has 0 saturated carbocycles. The summed E-state index contributed by atoms with van der Waals surface area (Å²) in [5.41, 5.74) is 11.9. The normalized spacial score (nSPS) is 9.35. The van der Waals surface area contributed by atoms with Gasteiger partial charge in [-0.2, -0.15) is 0 Å². The SMILES string of the molecule is Cc1ccc(-c2cccc(C(N)=O)c2)c(C)c1C.Cl.Cl. The van der Waals surface area contributed by atoms with Crippen LogP contribution < -0.4 is 5.73 Å². The number of hydrogen-bond donors (Lipinski definition) is 1. The van der Waals surface area contributed by atoms with Crippen molar-refractivity contribution in [1.29, 1.82) is 0 Å². The number of aryl methyl sites for hydroxylation is 1. The number of carbonyl (C=O) groups excluding carboxylic acids is 1. The molecule has 20 heavy (non-hydrogen) atoms. The Morgan fingerprint density at radius 1 is 0.950 bits per heavy atom. The van der Waals surface area contributed by atoms with Gasteiger partial charge in [-0.15, -0.1) is 24.8 Å². The van der Waals surface area contributed by atoms with Crippen molar-refractivity contribution in [3.8, 4) is 11.1 Å². The van der Waals surface area contributed by atoms with Crippen molar-refractivity contribution in [3.63, 3.8) is 0 Å². The van der Waals surface area contributed by atoms with E-state index in [1.165, 1.54) is 16.7 Å². The van der Waals surface area contributed by atoms with Crippen molar-refractivity contribution in [2.75, 3.05) is 0 Å². The molecule has 0 aromatic heterocycles. The summed E-state index contributed by atoms with van der Waals surface area (Å²) in [5, 5.41) is 0. The average molecular weight is 312 g/mol. The quantitative estimate of drug-likeness (QED) is 0.886. The molecule has 0 atom stereocenters. The summed E-state index contributed by atoms with van der Waals surface area (Å²) in [5.74, 6) is -0.390. The average Bonchev–Trinajstić information content (AvgIpc) is 2.36. The van der Waals surface area contributed by atoms with E-state index in [0.717, 1.165) is 11.1 Å². The van der Waals surface area contributed by atoms with E-state index >= 15 is 0 Å². The number of halogens is 2. The van der Waals surface area contributed by atoms with Crippen LogP contribution in [0.25, 0.3) is 11.1 Å². The lowest BCUT2D eigenvalue weighted by Crippen LogP contribution is -2.10. The molecule has 0 bridgehead atoms. The van der Waals surface area contributed by atoms with Crippen LogP contribution in [0.4, 0.5) is 0 Å². The van der Waals surface area contributed by atoms with Gasteiger partial charge in [0, 0.05) is 5.56 Å². The van der Waals surface area contributed by atoms with E-state index in [1.54, 1.807) is 6.07 Å². The second-order valence-corrected chi connectivity index (χ2v) is 4.63. The van der Waals surface area contributed by atoms with E-state index in [-0.39, 0.29) is 24.8 Å². The molecular formula is C16H19Cl2NO. The van der Waals surface area contributed by atoms with Crippen LogP contribution >= 0.6 is 24.8 Å². The number of amides is 1. The van der Waals surface area contributed by atoms with E-state index in [0.29, 0.717) is 5.56 Å². The van der Waals surface area contributed by atoms with Gasteiger partial charge in [0.1, 0.15) is 0 Å². The van der Waals surface area contributed by atoms with E-state index in [2.05, 4.69) is 32.9 Å². The Bertz CT molecular complexity index is 624. The Morgan fingerprint density at radius 2 is 1.60 bits per heavy atom. The molecule has 0 saturated heterocycles. The summed E-state index contributed by atoms with van der Waals surface area (Å²) >= 11 is 0. The molecule has 1 amide bonds. The van der Waals surface area contributed by atoms with Crippen LogP contribution in [0, 0.1) is 20.8 Å². The number of benzene rings is 2. The zero-order valence-corrected chi connectivity index (χ0v) is 13.4. The monoisotopic (exact) mass is 311 g/mol. The van der Waals surface area contributed by atoms with Gasteiger partial charge in [0.15, 0.2) is 0 Å². The highest BCUT2D eigenvalue weighted by Crippen LogP contribution is 2.27. The topological polar surface area (TPSA) is 43.1 Å². The molecule has 0 heterocycles. The van der Waals surface area contributed by atoms with Gasteiger partial charge in [-0.05, 0) is 60.7 Å². The lowest BCUT2D eigenvalue weighted by atomic mass is 9.93. The van der Waals surface area contributed by atoms with Crippen LogP contribution in [0.3, 0.4) is 0 Å². The molecule has 2 aromatic rings. The van der Waals surface area contributed by atoms with Crippen LogP contribution in [0.2, 0.25) is 0 Å². The fourth-order valence-corrected chi connectivity index (χ4v) is 2.11. The van der Waals surface area contributed by atoms with Crippen LogP contribution in [-0.2, 0) is 0 Å². The fraction of sp³-hybridized carbons (Fsp3) is 0.188. The molecule has 0 unspecified atom stereocenters. The molecule has 2 N–H and O–H groups in total. The largest absolute Gasteiger partial charge is 0.366 e. The van der Waals surface area contributed by atoms with Crippen molar-refractivity contribution in [1.82, 2.24) is 0 Å². The second-order valence-electron chi connectivity index (χ2n) is 4.63. The number of carbonyl (C=O) groups is 1. The molecule has 2 aromatic carbocycles. The first kappa shape index (κ1) is 18.5. The summed E-state index contributed by atoms with van der Waals surface area (Å²) in [4.78, 5) is 11.2. The zero-order valence-electron chi connectivity index (χ0n) is 11.8. The molecule has 2 rings (SSSR count). The standard InChI is InChI=1S/C16H17NO.2ClH/c1-10-7-8-15(12(3)11(10)2)13-5-4-6-14(9-13)16(17)18;;/h4-9H,1-3H3,(H2,17,18);2*1H. The summed E-state index contributed by atoms with van der Waals surface area (Å²) < 4.78 is 0. The third-order valence-electron chi connectivity index (χ3n) is 3.52. The maximum atomic E-state index is 11.2. The van der Waals surface area contributed by atoms with Crippen LogP contribution in [0.5, 0.6) is 0 Å². The Balaban J connectivity index is 0.00000180. The van der Waals surface area contributed by atoms with Gasteiger partial charge >= 0.3 is 0 Å². The van der Waals surface area contributed by atoms with Crippen molar-refractivity contribution in [2.24, 2.45) is 5.73 Å². The van der Waals surface area contributed by atoms with Crippen molar-refractivity contribution in [3.05, 3.63) is 58.7 Å². The predicted octanol–water partition coefficient (Wildman–Crippen LogP) is 4.22. The molecular weight excluding hydrogens is 293 g/mol. The van der Waals surface area contributed by atoms with Gasteiger partial charge < -0.3 is 5.73 Å². The third-order valence-corrected chi connectivity index (χ3v) is 3.52. The summed E-state index contributed by atoms with van der Waals surface area (Å²) in [6.07, 6.45) is 0. The summed E-state index contributed by atoms with van der Waals surface area (Å²) in [6, 6.07) is 11.7. The smallest absolute Gasteiger partial charge is 0.248 e. The van der Waals surface area contributed by atoms with Gasteiger partial charge in [0.05, 0.1) is 0 Å². The summed E-state index contributed by atoms with van der Waals surface area (Å²) in [7, 11) is 0. The number of rotatable bonds is 2. The zero-order chi connectivity index (χ0) is 13.3. The van der Waals surface area contributed by atoms with Gasteiger partial charge in [-0.1, -0.05) is 24.3 Å². The lowest BCUT2D eigenvalue weighted by molar-refractivity contribution is 0.100. The second kappa shape index (κ2) is 7.32. The molecule has 0 radical (unpaired) electrons. The van der Waals surface area contributed by atoms with E-state index in [9.17, 15) is 4.79 Å². The predicted molar refractivity (Wildman–Crippen MR) is 89.1 cm³/mol. The van der Waals surface area contributed by atoms with E-state index < -0.39 is 5.91 Å². The molecule has 0 aliphatic rings. The maximum absolute atomic E-state index is 11.2. The highest BCUT2D eigenvalue weighted by atomic mass is 35.5. The highest BCUT2D eigenvalue weighted by molar-refractivity contribution is 5.94. The molecule has 0 aliphatic heterocycles. The minimum Gasteiger partial charge on any atom is -0.366 e. The van der Waals surface area contributed by atoms with Gasteiger partial charge in [0.25, 0.3) is 0 Å². The molecule has 2 nitrogen and oxygen atoms in total. The minimum atomic E-state index is -0.390. The van der Waals surface area contributed by atoms with Crippen LogP contribution in [0.15, 0.2) is 36.4 Å². The highest BCUT2D eigenvalue weighted by Gasteiger charge is 2.08. The first-order valence-corrected chi connectivity index (χ1v) is 5.97. The Kier molecular flexibility index (Phi) is 6.77. The molecule has 0 spiro atoms. The van der Waals surface area contributed by atoms with Crippen molar-refractivity contribution in [2.45, 2.75) is 20.8 Å². The van der Waals surface area contributed by atoms with Gasteiger partial charge in [0.2, 0.25) is 5.91 Å². The first-order valence-electron chi connectivity index (χ1n) is 5.97. The molecule has 0 fully saturated rings. The van der Waals surface area contributed by atoms with E-state index in [4.69, 9.17) is 5.73 Å². The number of hydrogen-bond acceptors (Lipinski definition) is 1. The van der Waals surface area contributed by atoms with E-state index in [1.807, 2.05) is 18.2 Å². The summed E-state index contributed by atoms with van der Waals surface area (Å²) in [6.45, 7) is 6.33. The Labute approximate surface area is 132 Å².